The van der Waals surface area contributed by atoms with Gasteiger partial charge in [-0.05, 0) is 18.8 Å². The minimum atomic E-state index is -1.06. The van der Waals surface area contributed by atoms with Crippen LogP contribution in [0.3, 0.4) is 0 Å². The largest absolute Gasteiger partial charge is 0.480 e. The SMILES string of the molecule is O=C(O)COCC(=O)NCC1CCC1. The summed E-state index contributed by atoms with van der Waals surface area (Å²) in [6.45, 7) is 0.102. The summed E-state index contributed by atoms with van der Waals surface area (Å²) < 4.78 is 4.63. The topological polar surface area (TPSA) is 75.6 Å². The zero-order valence-corrected chi connectivity index (χ0v) is 7.99. The van der Waals surface area contributed by atoms with Crippen molar-refractivity contribution in [2.45, 2.75) is 19.3 Å². The highest BCUT2D eigenvalue weighted by Gasteiger charge is 2.17. The van der Waals surface area contributed by atoms with Crippen molar-refractivity contribution in [3.63, 3.8) is 0 Å². The molecular formula is C9H15NO4. The molecule has 0 spiro atoms. The third-order valence-corrected chi connectivity index (χ3v) is 2.27. The molecule has 1 amide bonds. The van der Waals surface area contributed by atoms with Crippen molar-refractivity contribution in [2.75, 3.05) is 19.8 Å². The van der Waals surface area contributed by atoms with Gasteiger partial charge in [0.05, 0.1) is 0 Å². The molecular weight excluding hydrogens is 186 g/mol. The molecule has 80 valence electrons. The van der Waals surface area contributed by atoms with Gasteiger partial charge < -0.3 is 15.2 Å². The normalized spacial score (nSPS) is 16.0. The van der Waals surface area contributed by atoms with E-state index in [0.717, 1.165) is 0 Å². The van der Waals surface area contributed by atoms with Gasteiger partial charge >= 0.3 is 5.97 Å². The number of ether oxygens (including phenoxy) is 1. The maximum absolute atomic E-state index is 11.0. The number of carboxylic acid groups (broad SMARTS) is 1. The van der Waals surface area contributed by atoms with Gasteiger partial charge in [-0.1, -0.05) is 6.42 Å². The molecule has 0 aromatic heterocycles. The highest BCUT2D eigenvalue weighted by atomic mass is 16.5. The standard InChI is InChI=1S/C9H15NO4/c11-8(5-14-6-9(12)13)10-4-7-2-1-3-7/h7H,1-6H2,(H,10,11)(H,12,13). The van der Waals surface area contributed by atoms with Crippen LogP contribution in [0.25, 0.3) is 0 Å². The number of carboxylic acids is 1. The van der Waals surface area contributed by atoms with E-state index in [1.807, 2.05) is 0 Å². The molecule has 0 aromatic rings. The van der Waals surface area contributed by atoms with Crippen molar-refractivity contribution in [3.8, 4) is 0 Å². The Morgan fingerprint density at radius 3 is 2.57 bits per heavy atom. The Balaban J connectivity index is 1.95. The predicted molar refractivity (Wildman–Crippen MR) is 48.8 cm³/mol. The molecule has 0 atom stereocenters. The van der Waals surface area contributed by atoms with Gasteiger partial charge in [0.1, 0.15) is 13.2 Å². The van der Waals surface area contributed by atoms with Gasteiger partial charge in [-0.15, -0.1) is 0 Å². The average molecular weight is 201 g/mol. The van der Waals surface area contributed by atoms with Crippen LogP contribution in [0.1, 0.15) is 19.3 Å². The van der Waals surface area contributed by atoms with Crippen molar-refractivity contribution in [2.24, 2.45) is 5.92 Å². The van der Waals surface area contributed by atoms with Gasteiger partial charge in [0.2, 0.25) is 5.91 Å². The molecule has 1 saturated carbocycles. The maximum Gasteiger partial charge on any atom is 0.329 e. The maximum atomic E-state index is 11.0. The first-order valence-corrected chi connectivity index (χ1v) is 4.74. The lowest BCUT2D eigenvalue weighted by Crippen LogP contribution is -2.34. The minimum absolute atomic E-state index is 0.168. The number of hydrogen-bond donors (Lipinski definition) is 2. The Morgan fingerprint density at radius 1 is 1.36 bits per heavy atom. The number of rotatable bonds is 6. The molecule has 5 heteroatoms. The van der Waals surface area contributed by atoms with Crippen LogP contribution < -0.4 is 5.32 Å². The summed E-state index contributed by atoms with van der Waals surface area (Å²) in [4.78, 5) is 21.1. The second-order valence-electron chi connectivity index (χ2n) is 3.49. The molecule has 1 aliphatic rings. The minimum Gasteiger partial charge on any atom is -0.480 e. The van der Waals surface area contributed by atoms with Gasteiger partial charge in [-0.25, -0.2) is 4.79 Å². The first kappa shape index (κ1) is 11.0. The number of hydrogen-bond acceptors (Lipinski definition) is 3. The van der Waals surface area contributed by atoms with Crippen molar-refractivity contribution in [1.29, 1.82) is 0 Å². The first-order valence-electron chi connectivity index (χ1n) is 4.74. The van der Waals surface area contributed by atoms with Crippen LogP contribution in [-0.4, -0.2) is 36.7 Å². The van der Waals surface area contributed by atoms with Crippen LogP contribution in [0.2, 0.25) is 0 Å². The fourth-order valence-electron chi connectivity index (χ4n) is 1.24. The van der Waals surface area contributed by atoms with E-state index in [-0.39, 0.29) is 12.5 Å². The van der Waals surface area contributed by atoms with Gasteiger partial charge in [-0.3, -0.25) is 4.79 Å². The van der Waals surface area contributed by atoms with Crippen LogP contribution in [0.4, 0.5) is 0 Å². The van der Waals surface area contributed by atoms with Gasteiger partial charge in [0.25, 0.3) is 0 Å². The van der Waals surface area contributed by atoms with E-state index >= 15 is 0 Å². The molecule has 0 saturated heterocycles. The van der Waals surface area contributed by atoms with Crippen LogP contribution in [0.5, 0.6) is 0 Å². The molecule has 1 aliphatic carbocycles. The molecule has 5 nitrogen and oxygen atoms in total. The summed E-state index contributed by atoms with van der Waals surface area (Å²) in [5.74, 6) is -0.687. The van der Waals surface area contributed by atoms with Crippen molar-refractivity contribution in [1.82, 2.24) is 5.32 Å². The monoisotopic (exact) mass is 201 g/mol. The molecule has 0 heterocycles. The molecule has 0 radical (unpaired) electrons. The summed E-state index contributed by atoms with van der Waals surface area (Å²) in [5.41, 5.74) is 0. The van der Waals surface area contributed by atoms with E-state index in [1.54, 1.807) is 0 Å². The van der Waals surface area contributed by atoms with Crippen LogP contribution in [-0.2, 0) is 14.3 Å². The fraction of sp³-hybridized carbons (Fsp3) is 0.778. The molecule has 1 rings (SSSR count). The van der Waals surface area contributed by atoms with Gasteiger partial charge in [0.15, 0.2) is 0 Å². The quantitative estimate of drug-likeness (QED) is 0.634. The van der Waals surface area contributed by atoms with E-state index in [2.05, 4.69) is 10.1 Å². The summed E-state index contributed by atoms with van der Waals surface area (Å²) in [6, 6.07) is 0. The van der Waals surface area contributed by atoms with Gasteiger partial charge in [-0.2, -0.15) is 0 Å². The molecule has 14 heavy (non-hydrogen) atoms. The van der Waals surface area contributed by atoms with E-state index in [4.69, 9.17) is 5.11 Å². The third-order valence-electron chi connectivity index (χ3n) is 2.27. The zero-order chi connectivity index (χ0) is 10.4. The molecule has 0 aliphatic heterocycles. The smallest absolute Gasteiger partial charge is 0.329 e. The fourth-order valence-corrected chi connectivity index (χ4v) is 1.24. The lowest BCUT2D eigenvalue weighted by molar-refractivity contribution is -0.143. The van der Waals surface area contributed by atoms with Crippen molar-refractivity contribution < 1.29 is 19.4 Å². The number of aliphatic carboxylic acids is 1. The Labute approximate surface area is 82.4 Å². The molecule has 2 N–H and O–H groups in total. The first-order chi connectivity index (χ1) is 6.68. The highest BCUT2D eigenvalue weighted by molar-refractivity contribution is 5.77. The Morgan fingerprint density at radius 2 is 2.07 bits per heavy atom. The van der Waals surface area contributed by atoms with E-state index < -0.39 is 12.6 Å². The van der Waals surface area contributed by atoms with Crippen LogP contribution in [0.15, 0.2) is 0 Å². The van der Waals surface area contributed by atoms with E-state index in [0.29, 0.717) is 12.5 Å². The highest BCUT2D eigenvalue weighted by Crippen LogP contribution is 2.24. The second kappa shape index (κ2) is 5.59. The van der Waals surface area contributed by atoms with Crippen molar-refractivity contribution >= 4 is 11.9 Å². The molecule has 0 bridgehead atoms. The third kappa shape index (κ3) is 4.23. The van der Waals surface area contributed by atoms with Crippen molar-refractivity contribution in [3.05, 3.63) is 0 Å². The number of nitrogens with one attached hydrogen (secondary N) is 1. The van der Waals surface area contributed by atoms with E-state index in [1.165, 1.54) is 19.3 Å². The van der Waals surface area contributed by atoms with E-state index in [9.17, 15) is 9.59 Å². The Bertz CT molecular complexity index is 213. The predicted octanol–water partition coefficient (Wildman–Crippen LogP) is 0.00390. The number of amides is 1. The van der Waals surface area contributed by atoms with Crippen LogP contribution >= 0.6 is 0 Å². The van der Waals surface area contributed by atoms with Crippen LogP contribution in [0, 0.1) is 5.92 Å². The summed E-state index contributed by atoms with van der Waals surface area (Å²) in [5, 5.41) is 10.9. The average Bonchev–Trinajstić information content (AvgIpc) is 2.00. The zero-order valence-electron chi connectivity index (χ0n) is 7.99. The summed E-state index contributed by atoms with van der Waals surface area (Å²) in [7, 11) is 0. The Kier molecular flexibility index (Phi) is 4.39. The summed E-state index contributed by atoms with van der Waals surface area (Å²) >= 11 is 0. The summed E-state index contributed by atoms with van der Waals surface area (Å²) in [6.07, 6.45) is 3.60. The second-order valence-corrected chi connectivity index (χ2v) is 3.49. The molecule has 1 fully saturated rings. The lowest BCUT2D eigenvalue weighted by Gasteiger charge is -2.25. The molecule has 0 aromatic carbocycles. The number of carbonyl (C=O) groups is 2. The Hall–Kier alpha value is -1.10. The molecule has 0 unspecified atom stereocenters. The lowest BCUT2D eigenvalue weighted by atomic mass is 9.85. The number of carbonyl (C=O) groups excluding carboxylic acids is 1. The van der Waals surface area contributed by atoms with Gasteiger partial charge in [0, 0.05) is 6.54 Å².